The van der Waals surface area contributed by atoms with Gasteiger partial charge in [0.15, 0.2) is 17.2 Å². The molecule has 0 unspecified atom stereocenters. The van der Waals surface area contributed by atoms with Crippen molar-refractivity contribution in [1.82, 2.24) is 4.31 Å². The molecule has 210 valence electrons. The number of carbonyl (C=O) groups is 2. The summed E-state index contributed by atoms with van der Waals surface area (Å²) in [5.74, 6) is -0.713. The summed E-state index contributed by atoms with van der Waals surface area (Å²) in [6.07, 6.45) is 2.03. The number of rotatable bonds is 10. The molecule has 1 aliphatic rings. The average molecular weight is 632 g/mol. The normalized spacial score (nSPS) is 15.2. The Balaban J connectivity index is 1.76. The molecule has 1 fully saturated rings. The van der Waals surface area contributed by atoms with E-state index in [9.17, 15) is 18.0 Å². The molecular weight excluding hydrogens is 596 g/mol. The van der Waals surface area contributed by atoms with Gasteiger partial charge in [0.25, 0.3) is 0 Å². The molecule has 0 amide bonds. The second-order valence-corrected chi connectivity index (χ2v) is 13.9. The van der Waals surface area contributed by atoms with Crippen molar-refractivity contribution in [2.24, 2.45) is 0 Å². The molecule has 12 heteroatoms. The number of hydrogen-bond acceptors (Lipinski definition) is 9. The van der Waals surface area contributed by atoms with E-state index in [-0.39, 0.29) is 29.0 Å². The molecule has 1 saturated heterocycles. The number of benzene rings is 1. The van der Waals surface area contributed by atoms with Crippen LogP contribution in [0.5, 0.6) is 5.75 Å². The molecule has 38 heavy (non-hydrogen) atoms. The second kappa shape index (κ2) is 12.8. The molecule has 3 rings (SSSR count). The number of hydrogen-bond donors (Lipinski definition) is 1. The summed E-state index contributed by atoms with van der Waals surface area (Å²) in [6.45, 7) is 7.81. The van der Waals surface area contributed by atoms with Crippen molar-refractivity contribution >= 4 is 54.9 Å². The van der Waals surface area contributed by atoms with E-state index in [0.717, 1.165) is 16.1 Å². The highest BCUT2D eigenvalue weighted by molar-refractivity contribution is 9.10. The van der Waals surface area contributed by atoms with Gasteiger partial charge in [-0.15, -0.1) is 11.3 Å². The minimum absolute atomic E-state index is 0.142. The van der Waals surface area contributed by atoms with Gasteiger partial charge in [-0.2, -0.15) is 0 Å². The summed E-state index contributed by atoms with van der Waals surface area (Å²) in [5, 5.41) is 3.52. The van der Waals surface area contributed by atoms with Gasteiger partial charge in [0, 0.05) is 24.8 Å². The fourth-order valence-corrected chi connectivity index (χ4v) is 7.60. The highest BCUT2D eigenvalue weighted by atomic mass is 79.9. The summed E-state index contributed by atoms with van der Waals surface area (Å²) in [4.78, 5) is 25.7. The SMILES string of the molecule is CCCS(=O)(=O)N1CCC(Nc2cccc(-c3sc(C(=O)OC)c(OCC(=O)OC(C)(C)C)c3Br)c2)CC1. The minimum atomic E-state index is -3.18. The third-order valence-corrected chi connectivity index (χ3v) is 10.0. The van der Waals surface area contributed by atoms with Gasteiger partial charge in [0.1, 0.15) is 5.60 Å². The van der Waals surface area contributed by atoms with Crippen LogP contribution in [-0.2, 0) is 24.3 Å². The number of thiophene rings is 1. The molecule has 0 bridgehead atoms. The van der Waals surface area contributed by atoms with Crippen LogP contribution in [-0.4, -0.2) is 68.9 Å². The van der Waals surface area contributed by atoms with Crippen molar-refractivity contribution in [3.05, 3.63) is 33.6 Å². The average Bonchev–Trinajstić information content (AvgIpc) is 3.17. The highest BCUT2D eigenvalue weighted by Crippen LogP contribution is 2.46. The number of nitrogens with zero attached hydrogens (tertiary/aromatic N) is 1. The van der Waals surface area contributed by atoms with Crippen LogP contribution in [0.15, 0.2) is 28.7 Å². The zero-order valence-corrected chi connectivity index (χ0v) is 25.6. The number of sulfonamides is 1. The molecule has 0 radical (unpaired) electrons. The second-order valence-electron chi connectivity index (χ2n) is 9.98. The Morgan fingerprint density at radius 3 is 2.50 bits per heavy atom. The molecule has 0 spiro atoms. The maximum Gasteiger partial charge on any atom is 0.351 e. The van der Waals surface area contributed by atoms with E-state index in [0.29, 0.717) is 36.8 Å². The molecular formula is C26H35BrN2O7S2. The lowest BCUT2D eigenvalue weighted by atomic mass is 10.1. The molecule has 1 aromatic carbocycles. The standard InChI is InChI=1S/C26H35BrN2O7S2/c1-6-14-38(32,33)29-12-10-18(11-13-29)28-19-9-7-8-17(15-19)23-21(27)22(24(37-23)25(31)34-5)35-16-20(30)36-26(2,3)4/h7-9,15,18,28H,6,10-14,16H2,1-5H3. The largest absolute Gasteiger partial charge is 0.479 e. The van der Waals surface area contributed by atoms with E-state index < -0.39 is 27.6 Å². The number of carbonyl (C=O) groups excluding carboxylic acids is 2. The third-order valence-electron chi connectivity index (χ3n) is 5.74. The first kappa shape index (κ1) is 30.4. The fraction of sp³-hybridized carbons (Fsp3) is 0.538. The van der Waals surface area contributed by atoms with Crippen molar-refractivity contribution in [3.8, 4) is 16.2 Å². The highest BCUT2D eigenvalue weighted by Gasteiger charge is 2.28. The first-order chi connectivity index (χ1) is 17.8. The van der Waals surface area contributed by atoms with E-state index >= 15 is 0 Å². The Morgan fingerprint density at radius 1 is 1.21 bits per heavy atom. The number of anilines is 1. The lowest BCUT2D eigenvalue weighted by Gasteiger charge is -2.32. The summed E-state index contributed by atoms with van der Waals surface area (Å²) in [6, 6.07) is 7.88. The molecule has 0 saturated carbocycles. The molecule has 9 nitrogen and oxygen atoms in total. The Morgan fingerprint density at radius 2 is 1.89 bits per heavy atom. The van der Waals surface area contributed by atoms with Crippen LogP contribution < -0.4 is 10.1 Å². The number of esters is 2. The predicted molar refractivity (Wildman–Crippen MR) is 152 cm³/mol. The van der Waals surface area contributed by atoms with Gasteiger partial charge >= 0.3 is 11.9 Å². The number of halogens is 1. The number of piperidine rings is 1. The maximum atomic E-state index is 12.5. The van der Waals surface area contributed by atoms with E-state index in [1.54, 1.807) is 25.1 Å². The third kappa shape index (κ3) is 7.93. The predicted octanol–water partition coefficient (Wildman–Crippen LogP) is 5.30. The first-order valence-corrected chi connectivity index (χ1v) is 15.7. The van der Waals surface area contributed by atoms with Crippen molar-refractivity contribution < 1.29 is 32.2 Å². The molecule has 2 heterocycles. The van der Waals surface area contributed by atoms with Crippen molar-refractivity contribution in [3.63, 3.8) is 0 Å². The topological polar surface area (TPSA) is 111 Å². The van der Waals surface area contributed by atoms with Gasteiger partial charge in [0.2, 0.25) is 10.0 Å². The monoisotopic (exact) mass is 630 g/mol. The quantitative estimate of drug-likeness (QED) is 0.352. The van der Waals surface area contributed by atoms with Crippen molar-refractivity contribution in [2.75, 3.05) is 37.9 Å². The Bertz CT molecular complexity index is 1250. The fourth-order valence-electron chi connectivity index (χ4n) is 4.09. The van der Waals surface area contributed by atoms with Crippen LogP contribution in [0.3, 0.4) is 0 Å². The van der Waals surface area contributed by atoms with Crippen molar-refractivity contribution in [2.45, 2.75) is 58.6 Å². The summed E-state index contributed by atoms with van der Waals surface area (Å²) >= 11 is 4.75. The Hall–Kier alpha value is -2.15. The van der Waals surface area contributed by atoms with Gasteiger partial charge in [-0.25, -0.2) is 22.3 Å². The molecule has 2 aromatic rings. The van der Waals surface area contributed by atoms with Crippen LogP contribution in [0.1, 0.15) is 56.6 Å². The van der Waals surface area contributed by atoms with Crippen LogP contribution >= 0.6 is 27.3 Å². The number of ether oxygens (including phenoxy) is 3. The van der Waals surface area contributed by atoms with Gasteiger partial charge < -0.3 is 19.5 Å². The maximum absolute atomic E-state index is 12.5. The van der Waals surface area contributed by atoms with E-state index in [1.165, 1.54) is 18.4 Å². The lowest BCUT2D eigenvalue weighted by molar-refractivity contribution is -0.157. The summed E-state index contributed by atoms with van der Waals surface area (Å²) < 4.78 is 42.8. The Labute approximate surface area is 237 Å². The smallest absolute Gasteiger partial charge is 0.351 e. The number of nitrogens with one attached hydrogen (secondary N) is 1. The summed E-state index contributed by atoms with van der Waals surface area (Å²) in [7, 11) is -1.90. The Kier molecular flexibility index (Phi) is 10.2. The zero-order chi connectivity index (χ0) is 28.1. The van der Waals surface area contributed by atoms with Gasteiger partial charge in [-0.1, -0.05) is 19.1 Å². The van der Waals surface area contributed by atoms with Crippen LogP contribution in [0, 0.1) is 0 Å². The lowest BCUT2D eigenvalue weighted by Crippen LogP contribution is -2.43. The number of methoxy groups -OCH3 is 1. The van der Waals surface area contributed by atoms with Crippen LogP contribution in [0.4, 0.5) is 5.69 Å². The first-order valence-electron chi connectivity index (χ1n) is 12.4. The van der Waals surface area contributed by atoms with E-state index in [2.05, 4.69) is 21.2 Å². The minimum Gasteiger partial charge on any atom is -0.479 e. The van der Waals surface area contributed by atoms with E-state index in [4.69, 9.17) is 14.2 Å². The molecule has 1 N–H and O–H groups in total. The molecule has 1 aromatic heterocycles. The molecule has 0 atom stereocenters. The van der Waals surface area contributed by atoms with Crippen molar-refractivity contribution in [1.29, 1.82) is 0 Å². The molecule has 0 aliphatic carbocycles. The van der Waals surface area contributed by atoms with E-state index in [1.807, 2.05) is 31.2 Å². The summed E-state index contributed by atoms with van der Waals surface area (Å²) in [5.41, 5.74) is 1.07. The van der Waals surface area contributed by atoms with Gasteiger partial charge in [-0.3, -0.25) is 0 Å². The van der Waals surface area contributed by atoms with Crippen LogP contribution in [0.2, 0.25) is 0 Å². The van der Waals surface area contributed by atoms with Crippen LogP contribution in [0.25, 0.3) is 10.4 Å². The zero-order valence-electron chi connectivity index (χ0n) is 22.3. The molecule has 1 aliphatic heterocycles. The van der Waals surface area contributed by atoms with Gasteiger partial charge in [-0.05, 0) is 73.7 Å². The van der Waals surface area contributed by atoms with Gasteiger partial charge in [0.05, 0.1) is 22.2 Å².